The van der Waals surface area contributed by atoms with E-state index in [9.17, 15) is 30.6 Å². The number of rotatable bonds is 30. The molecule has 0 amide bonds. The standard InChI is InChI=1S/3C40H56O2/c3*1-29(17-13-19-31(3)21-23-37-33(5)25-35(41)27-39(37,7)8)15-11-12-16-30(2)18-14-20-32(4)22-24-38-34(6)26-36(42)28-40(38,9)10/h11-24,35-36,41-42H,25-28H2,1-10H3;2*11-25,35-37,41-42H,26-28H2,1-10H3/b3*12-11+,17-13+,18-14+,23-21+,24-22+,29-15+,30-16+,31-19+,32-20+/t35-,36-;35-,36+,37-;35-,36-,37+/m101/s1. The van der Waals surface area contributed by atoms with Crippen LogP contribution in [0.2, 0.25) is 0 Å². The SMILES string of the molecule is CC1=C(/C=C/C(C)=C/C=C/C(C)=C/C=C/C=C(C)/C=C/C=C(C)/C=C/C2=C(C)C[C@@H](O)CC2(C)C)C(C)(C)C[C@H](O)C1.CC1=C[C@@H](O)CC(C)(C)[C@H]1/C=C/C(C)=C/C=C/C(C)=C/C=C/C=C(C)/C=C/C=C(C)/C=C/C1=C(C)C[C@@H](O)CC1(C)C.CC1=C[C@H](O)CC(C)(C)[C@H]1/C=C/C(C)=C/C=C/C(C)=C/C=C/C=C(C)/C=C/C=C(C)/C=C/C1=C(C)C[C@@H](O)CC1(C)C. The molecule has 6 aliphatic carbocycles. The lowest BCUT2D eigenvalue weighted by Crippen LogP contribution is -2.32. The van der Waals surface area contributed by atoms with Gasteiger partial charge in [0.2, 0.25) is 0 Å². The average Bonchev–Trinajstić information content (AvgIpc) is 0.838. The number of hydrogen-bond donors (Lipinski definition) is 6. The first-order valence-corrected chi connectivity index (χ1v) is 46.3. The van der Waals surface area contributed by atoms with Crippen molar-refractivity contribution in [2.75, 3.05) is 0 Å². The van der Waals surface area contributed by atoms with E-state index in [0.29, 0.717) is 11.8 Å². The van der Waals surface area contributed by atoms with Crippen molar-refractivity contribution in [1.29, 1.82) is 0 Å². The Morgan fingerprint density at radius 2 is 0.405 bits per heavy atom. The second kappa shape index (κ2) is 52.6. The molecule has 0 aromatic heterocycles. The van der Waals surface area contributed by atoms with Crippen LogP contribution in [0.25, 0.3) is 0 Å². The van der Waals surface area contributed by atoms with E-state index in [2.05, 4.69) is 463 Å². The first-order valence-electron chi connectivity index (χ1n) is 46.3. The third-order valence-corrected chi connectivity index (χ3v) is 24.9. The molecule has 0 saturated carbocycles. The molecule has 8 atom stereocenters. The molecule has 0 heterocycles. The van der Waals surface area contributed by atoms with Crippen molar-refractivity contribution < 1.29 is 30.6 Å². The first-order chi connectivity index (χ1) is 58.8. The second-order valence-corrected chi connectivity index (χ2v) is 41.1. The molecule has 0 saturated heterocycles. The quantitative estimate of drug-likeness (QED) is 0.0315. The van der Waals surface area contributed by atoms with Gasteiger partial charge < -0.3 is 30.6 Å². The maximum atomic E-state index is 10.1. The summed E-state index contributed by atoms with van der Waals surface area (Å²) < 4.78 is 0. The van der Waals surface area contributed by atoms with E-state index < -0.39 is 0 Å². The Hall–Kier alpha value is -8.82. The van der Waals surface area contributed by atoms with Gasteiger partial charge in [-0.25, -0.2) is 0 Å². The highest BCUT2D eigenvalue weighted by molar-refractivity contribution is 5.44. The fourth-order valence-electron chi connectivity index (χ4n) is 18.4. The zero-order valence-electron chi connectivity index (χ0n) is 83.8. The molecule has 126 heavy (non-hydrogen) atoms. The Kier molecular flexibility index (Phi) is 45.7. The van der Waals surface area contributed by atoms with Gasteiger partial charge in [-0.1, -0.05) is 451 Å². The van der Waals surface area contributed by atoms with Crippen molar-refractivity contribution in [2.24, 2.45) is 44.3 Å². The summed E-state index contributed by atoms with van der Waals surface area (Å²) in [5.41, 5.74) is 27.5. The van der Waals surface area contributed by atoms with Gasteiger partial charge in [0.05, 0.1) is 36.6 Å². The molecule has 0 aliphatic heterocycles. The van der Waals surface area contributed by atoms with Crippen molar-refractivity contribution in [3.05, 3.63) is 390 Å². The summed E-state index contributed by atoms with van der Waals surface area (Å²) in [6.45, 7) is 64.8. The molecular weight excluding hydrogens is 1540 g/mol. The molecule has 0 aromatic carbocycles. The van der Waals surface area contributed by atoms with Crippen molar-refractivity contribution >= 4 is 0 Å². The molecule has 6 aliphatic rings. The maximum absolute atomic E-state index is 10.1. The summed E-state index contributed by atoms with van der Waals surface area (Å²) in [6.07, 6.45) is 100. The predicted molar refractivity (Wildman–Crippen MR) is 552 cm³/mol. The summed E-state index contributed by atoms with van der Waals surface area (Å²) in [7, 11) is 0. The summed E-state index contributed by atoms with van der Waals surface area (Å²) >= 11 is 0. The minimum Gasteiger partial charge on any atom is -0.393 e. The van der Waals surface area contributed by atoms with Crippen molar-refractivity contribution in [1.82, 2.24) is 0 Å². The van der Waals surface area contributed by atoms with E-state index in [1.165, 1.54) is 123 Å². The van der Waals surface area contributed by atoms with Crippen molar-refractivity contribution in [3.63, 3.8) is 0 Å². The van der Waals surface area contributed by atoms with E-state index in [-0.39, 0.29) is 69.1 Å². The maximum Gasteiger partial charge on any atom is 0.0729 e. The van der Waals surface area contributed by atoms with Gasteiger partial charge in [0.15, 0.2) is 0 Å². The molecule has 0 aromatic rings. The highest BCUT2D eigenvalue weighted by Crippen LogP contribution is 2.47. The normalized spacial score (nSPS) is 26.1. The van der Waals surface area contributed by atoms with E-state index in [0.717, 1.165) is 64.2 Å². The van der Waals surface area contributed by atoms with Crippen LogP contribution in [-0.2, 0) is 0 Å². The molecule has 0 unspecified atom stereocenters. The van der Waals surface area contributed by atoms with Gasteiger partial charge in [-0.05, 0) is 244 Å². The largest absolute Gasteiger partial charge is 0.393 e. The third kappa shape index (κ3) is 40.7. The Bertz CT molecular complexity index is 4490. The van der Waals surface area contributed by atoms with Gasteiger partial charge in [-0.3, -0.25) is 0 Å². The zero-order chi connectivity index (χ0) is 94.5. The van der Waals surface area contributed by atoms with E-state index in [1.807, 2.05) is 12.2 Å². The van der Waals surface area contributed by atoms with Crippen LogP contribution >= 0.6 is 0 Å². The van der Waals surface area contributed by atoms with E-state index in [4.69, 9.17) is 0 Å². The smallest absolute Gasteiger partial charge is 0.0729 e. The molecule has 6 nitrogen and oxygen atoms in total. The van der Waals surface area contributed by atoms with Gasteiger partial charge in [-0.15, -0.1) is 0 Å². The van der Waals surface area contributed by atoms with Gasteiger partial charge in [0.25, 0.3) is 0 Å². The summed E-state index contributed by atoms with van der Waals surface area (Å²) in [5, 5.41) is 60.5. The number of allylic oxidation sites excluding steroid dienone is 60. The summed E-state index contributed by atoms with van der Waals surface area (Å²) in [5.74, 6) is 0.696. The van der Waals surface area contributed by atoms with Crippen LogP contribution in [0.5, 0.6) is 0 Å². The topological polar surface area (TPSA) is 121 Å². The average molecular weight is 1710 g/mol. The Labute approximate surface area is 768 Å². The number of aliphatic hydroxyl groups excluding tert-OH is 6. The Morgan fingerprint density at radius 1 is 0.238 bits per heavy atom. The number of aliphatic hydroxyl groups is 6. The van der Waals surface area contributed by atoms with Crippen LogP contribution in [0.1, 0.15) is 272 Å². The molecule has 0 spiro atoms. The predicted octanol–water partition coefficient (Wildman–Crippen LogP) is 31.4. The lowest BCUT2D eigenvalue weighted by atomic mass is 9.67. The third-order valence-electron chi connectivity index (χ3n) is 24.9. The summed E-state index contributed by atoms with van der Waals surface area (Å²) in [6, 6.07) is 0. The number of hydrogen-bond acceptors (Lipinski definition) is 6. The van der Waals surface area contributed by atoms with Crippen molar-refractivity contribution in [3.8, 4) is 0 Å². The fraction of sp³-hybridized carbons (Fsp3) is 0.450. The lowest BCUT2D eigenvalue weighted by Gasteiger charge is -2.38. The van der Waals surface area contributed by atoms with Gasteiger partial charge in [-0.2, -0.15) is 0 Å². The molecule has 6 heteroatoms. The molecular formula is C120H168O6. The minimum atomic E-state index is -0.331. The second-order valence-electron chi connectivity index (χ2n) is 41.1. The van der Waals surface area contributed by atoms with Crippen LogP contribution in [-0.4, -0.2) is 67.3 Å². The monoisotopic (exact) mass is 1710 g/mol. The summed E-state index contributed by atoms with van der Waals surface area (Å²) in [4.78, 5) is 0. The van der Waals surface area contributed by atoms with E-state index >= 15 is 0 Å². The van der Waals surface area contributed by atoms with Gasteiger partial charge in [0, 0.05) is 11.8 Å². The lowest BCUT2D eigenvalue weighted by molar-refractivity contribution is 0.116. The highest BCUT2D eigenvalue weighted by atomic mass is 16.3. The van der Waals surface area contributed by atoms with Crippen LogP contribution in [0, 0.1) is 44.3 Å². The molecule has 684 valence electrons. The van der Waals surface area contributed by atoms with Gasteiger partial charge in [0.1, 0.15) is 0 Å². The fourth-order valence-corrected chi connectivity index (χ4v) is 18.4. The molecule has 0 bridgehead atoms. The van der Waals surface area contributed by atoms with Crippen molar-refractivity contribution in [2.45, 2.75) is 309 Å². The first kappa shape index (κ1) is 110. The van der Waals surface area contributed by atoms with Crippen LogP contribution < -0.4 is 0 Å². The highest BCUT2D eigenvalue weighted by Gasteiger charge is 2.38. The van der Waals surface area contributed by atoms with Crippen LogP contribution in [0.15, 0.2) is 390 Å². The van der Waals surface area contributed by atoms with Crippen LogP contribution in [0.4, 0.5) is 0 Å². The Balaban J connectivity index is 0.000000396. The molecule has 0 fully saturated rings. The van der Waals surface area contributed by atoms with E-state index in [1.54, 1.807) is 0 Å². The Morgan fingerprint density at radius 3 is 0.579 bits per heavy atom. The van der Waals surface area contributed by atoms with Crippen LogP contribution in [0.3, 0.4) is 0 Å². The minimum absolute atomic E-state index is 0.00528. The van der Waals surface area contributed by atoms with Gasteiger partial charge >= 0.3 is 0 Å². The zero-order valence-corrected chi connectivity index (χ0v) is 83.8. The molecule has 6 rings (SSSR count). The molecule has 0 radical (unpaired) electrons. The molecule has 6 N–H and O–H groups in total.